The van der Waals surface area contributed by atoms with E-state index in [1.807, 2.05) is 13.0 Å². The summed E-state index contributed by atoms with van der Waals surface area (Å²) in [5, 5.41) is 12.0. The minimum atomic E-state index is -0.283. The summed E-state index contributed by atoms with van der Waals surface area (Å²) in [5.74, 6) is -0.222. The molecule has 4 heteroatoms. The van der Waals surface area contributed by atoms with E-state index in [1.165, 1.54) is 12.1 Å². The van der Waals surface area contributed by atoms with Crippen LogP contribution in [0.4, 0.5) is 11.4 Å². The summed E-state index contributed by atoms with van der Waals surface area (Å²) in [6.45, 7) is 1.90. The van der Waals surface area contributed by atoms with Crippen molar-refractivity contribution < 1.29 is 9.90 Å². The fourth-order valence-corrected chi connectivity index (χ4v) is 1.57. The smallest absolute Gasteiger partial charge is 0.255 e. The number of nitrogen functional groups attached to an aromatic ring is 1. The number of hydrogen-bond acceptors (Lipinski definition) is 3. The fourth-order valence-electron chi connectivity index (χ4n) is 1.57. The number of rotatable bonds is 2. The molecule has 0 aliphatic rings. The topological polar surface area (TPSA) is 75.3 Å². The van der Waals surface area contributed by atoms with Crippen molar-refractivity contribution in [2.75, 3.05) is 11.1 Å². The van der Waals surface area contributed by atoms with Crippen LogP contribution < -0.4 is 11.1 Å². The van der Waals surface area contributed by atoms with Crippen LogP contribution in [0.15, 0.2) is 42.5 Å². The van der Waals surface area contributed by atoms with Gasteiger partial charge in [-0.3, -0.25) is 4.79 Å². The summed E-state index contributed by atoms with van der Waals surface area (Å²) in [6.07, 6.45) is 0. The van der Waals surface area contributed by atoms with E-state index in [-0.39, 0.29) is 11.7 Å². The minimum absolute atomic E-state index is 0.0612. The zero-order valence-corrected chi connectivity index (χ0v) is 9.97. The Hall–Kier alpha value is -2.49. The molecule has 92 valence electrons. The Labute approximate surface area is 105 Å². The molecule has 18 heavy (non-hydrogen) atoms. The Bertz CT molecular complexity index is 594. The van der Waals surface area contributed by atoms with Crippen molar-refractivity contribution in [3.63, 3.8) is 0 Å². The number of hydrogen-bond donors (Lipinski definition) is 3. The van der Waals surface area contributed by atoms with Crippen molar-refractivity contribution >= 4 is 17.3 Å². The molecule has 2 aromatic carbocycles. The van der Waals surface area contributed by atoms with E-state index in [1.54, 1.807) is 24.3 Å². The second kappa shape index (κ2) is 4.79. The molecule has 2 rings (SSSR count). The molecule has 0 unspecified atom stereocenters. The molecule has 4 N–H and O–H groups in total. The third kappa shape index (κ3) is 2.60. The SMILES string of the molecule is Cc1ccc(NC(=O)c2cccc(O)c2)cc1N. The van der Waals surface area contributed by atoms with Gasteiger partial charge in [-0.05, 0) is 42.8 Å². The number of carbonyl (C=O) groups is 1. The molecule has 0 atom stereocenters. The Morgan fingerprint density at radius 1 is 1.22 bits per heavy atom. The third-order valence-corrected chi connectivity index (χ3v) is 2.65. The van der Waals surface area contributed by atoms with Gasteiger partial charge in [-0.15, -0.1) is 0 Å². The van der Waals surface area contributed by atoms with Gasteiger partial charge in [0.1, 0.15) is 5.75 Å². The first-order valence-corrected chi connectivity index (χ1v) is 5.53. The predicted octanol–water partition coefficient (Wildman–Crippen LogP) is 2.54. The van der Waals surface area contributed by atoms with E-state index < -0.39 is 0 Å². The van der Waals surface area contributed by atoms with Gasteiger partial charge in [0.05, 0.1) is 0 Å². The molecular weight excluding hydrogens is 228 g/mol. The Balaban J connectivity index is 2.18. The third-order valence-electron chi connectivity index (χ3n) is 2.65. The molecule has 0 aliphatic heterocycles. The van der Waals surface area contributed by atoms with Crippen LogP contribution in [0.5, 0.6) is 5.75 Å². The quantitative estimate of drug-likeness (QED) is 0.708. The van der Waals surface area contributed by atoms with Crippen LogP contribution in [0.25, 0.3) is 0 Å². The van der Waals surface area contributed by atoms with Gasteiger partial charge < -0.3 is 16.2 Å². The number of nitrogens with two attached hydrogens (primary N) is 1. The van der Waals surface area contributed by atoms with E-state index in [0.717, 1.165) is 5.56 Å². The van der Waals surface area contributed by atoms with Crippen LogP contribution in [0.3, 0.4) is 0 Å². The highest BCUT2D eigenvalue weighted by molar-refractivity contribution is 6.04. The van der Waals surface area contributed by atoms with Gasteiger partial charge in [-0.1, -0.05) is 12.1 Å². The fraction of sp³-hybridized carbons (Fsp3) is 0.0714. The summed E-state index contributed by atoms with van der Waals surface area (Å²) in [5.41, 5.74) is 8.39. The van der Waals surface area contributed by atoms with E-state index in [9.17, 15) is 9.90 Å². The van der Waals surface area contributed by atoms with Crippen molar-refractivity contribution in [2.24, 2.45) is 0 Å². The number of benzene rings is 2. The maximum atomic E-state index is 11.9. The molecule has 0 spiro atoms. The highest BCUT2D eigenvalue weighted by Crippen LogP contribution is 2.18. The number of carbonyl (C=O) groups excluding carboxylic acids is 1. The number of phenolic OH excluding ortho intramolecular Hbond substituents is 1. The van der Waals surface area contributed by atoms with Gasteiger partial charge in [0.2, 0.25) is 0 Å². The summed E-state index contributed by atoms with van der Waals surface area (Å²) in [4.78, 5) is 11.9. The van der Waals surface area contributed by atoms with E-state index >= 15 is 0 Å². The van der Waals surface area contributed by atoms with Crippen molar-refractivity contribution in [1.82, 2.24) is 0 Å². The summed E-state index contributed by atoms with van der Waals surface area (Å²) in [7, 11) is 0. The van der Waals surface area contributed by atoms with E-state index in [0.29, 0.717) is 16.9 Å². The Morgan fingerprint density at radius 3 is 2.67 bits per heavy atom. The highest BCUT2D eigenvalue weighted by atomic mass is 16.3. The van der Waals surface area contributed by atoms with E-state index in [2.05, 4.69) is 5.32 Å². The van der Waals surface area contributed by atoms with E-state index in [4.69, 9.17) is 5.73 Å². The molecule has 0 aliphatic carbocycles. The first-order valence-electron chi connectivity index (χ1n) is 5.53. The molecule has 0 heterocycles. The maximum absolute atomic E-state index is 11.9. The van der Waals surface area contributed by atoms with Gasteiger partial charge >= 0.3 is 0 Å². The second-order valence-electron chi connectivity index (χ2n) is 4.08. The van der Waals surface area contributed by atoms with Crippen LogP contribution in [0, 0.1) is 6.92 Å². The number of aromatic hydroxyl groups is 1. The lowest BCUT2D eigenvalue weighted by molar-refractivity contribution is 0.102. The molecule has 0 saturated carbocycles. The monoisotopic (exact) mass is 242 g/mol. The lowest BCUT2D eigenvalue weighted by atomic mass is 10.1. The maximum Gasteiger partial charge on any atom is 0.255 e. The largest absolute Gasteiger partial charge is 0.508 e. The summed E-state index contributed by atoms with van der Waals surface area (Å²) in [6, 6.07) is 11.5. The van der Waals surface area contributed by atoms with Crippen LogP contribution in [0.2, 0.25) is 0 Å². The zero-order valence-electron chi connectivity index (χ0n) is 9.97. The summed E-state index contributed by atoms with van der Waals surface area (Å²) < 4.78 is 0. The second-order valence-corrected chi connectivity index (χ2v) is 4.08. The van der Waals surface area contributed by atoms with Gasteiger partial charge in [-0.25, -0.2) is 0 Å². The molecule has 0 saturated heterocycles. The number of anilines is 2. The van der Waals surface area contributed by atoms with Gasteiger partial charge in [0, 0.05) is 16.9 Å². The zero-order chi connectivity index (χ0) is 13.1. The van der Waals surface area contributed by atoms with Crippen LogP contribution in [-0.4, -0.2) is 11.0 Å². The number of amides is 1. The first-order chi connectivity index (χ1) is 8.56. The molecule has 2 aromatic rings. The first kappa shape index (κ1) is 12.0. The Morgan fingerprint density at radius 2 is 2.00 bits per heavy atom. The molecular formula is C14H14N2O2. The molecule has 0 radical (unpaired) electrons. The molecule has 0 bridgehead atoms. The Kier molecular flexibility index (Phi) is 3.19. The molecule has 0 fully saturated rings. The highest BCUT2D eigenvalue weighted by Gasteiger charge is 2.07. The van der Waals surface area contributed by atoms with Crippen molar-refractivity contribution in [3.05, 3.63) is 53.6 Å². The van der Waals surface area contributed by atoms with Crippen LogP contribution in [-0.2, 0) is 0 Å². The van der Waals surface area contributed by atoms with Crippen LogP contribution in [0.1, 0.15) is 15.9 Å². The van der Waals surface area contributed by atoms with Crippen molar-refractivity contribution in [2.45, 2.75) is 6.92 Å². The average Bonchev–Trinajstić information content (AvgIpc) is 2.34. The standard InChI is InChI=1S/C14H14N2O2/c1-9-5-6-11(8-13(9)15)16-14(18)10-3-2-4-12(17)7-10/h2-8,17H,15H2,1H3,(H,16,18). The van der Waals surface area contributed by atoms with Gasteiger partial charge in [0.15, 0.2) is 0 Å². The number of nitrogens with one attached hydrogen (secondary N) is 1. The minimum Gasteiger partial charge on any atom is -0.508 e. The summed E-state index contributed by atoms with van der Waals surface area (Å²) >= 11 is 0. The van der Waals surface area contributed by atoms with Crippen molar-refractivity contribution in [3.8, 4) is 5.75 Å². The number of phenols is 1. The number of aryl methyl sites for hydroxylation is 1. The lowest BCUT2D eigenvalue weighted by Gasteiger charge is -2.07. The lowest BCUT2D eigenvalue weighted by Crippen LogP contribution is -2.11. The van der Waals surface area contributed by atoms with Crippen LogP contribution >= 0.6 is 0 Å². The molecule has 1 amide bonds. The predicted molar refractivity (Wildman–Crippen MR) is 71.7 cm³/mol. The average molecular weight is 242 g/mol. The molecule has 0 aromatic heterocycles. The normalized spacial score (nSPS) is 10.1. The van der Waals surface area contributed by atoms with Crippen molar-refractivity contribution in [1.29, 1.82) is 0 Å². The molecule has 4 nitrogen and oxygen atoms in total. The van der Waals surface area contributed by atoms with Gasteiger partial charge in [-0.2, -0.15) is 0 Å². The van der Waals surface area contributed by atoms with Gasteiger partial charge in [0.25, 0.3) is 5.91 Å².